The monoisotopic (exact) mass is 196 g/mol. The summed E-state index contributed by atoms with van der Waals surface area (Å²) in [5.74, 6) is 0.952. The minimum atomic E-state index is 0.913. The van der Waals surface area contributed by atoms with Crippen molar-refractivity contribution in [3.8, 4) is 0 Å². The summed E-state index contributed by atoms with van der Waals surface area (Å²) in [6, 6.07) is 0. The molecule has 68 valence electrons. The molecule has 2 rings (SSSR count). The van der Waals surface area contributed by atoms with Crippen molar-refractivity contribution in [3.63, 3.8) is 0 Å². The fourth-order valence-electron chi connectivity index (χ4n) is 0.884. The minimum absolute atomic E-state index is 0.913. The van der Waals surface area contributed by atoms with Gasteiger partial charge in [0.1, 0.15) is 11.3 Å². The highest BCUT2D eigenvalue weighted by atomic mass is 32.2. The molecular formula is C7H8N4OS. The van der Waals surface area contributed by atoms with Gasteiger partial charge in [-0.15, -0.1) is 16.9 Å². The lowest BCUT2D eigenvalue weighted by Crippen LogP contribution is -1.85. The smallest absolute Gasteiger partial charge is 0.138 e. The molecule has 2 heterocycles. The number of hydrogen-bond acceptors (Lipinski definition) is 5. The van der Waals surface area contributed by atoms with E-state index in [0.29, 0.717) is 0 Å². The van der Waals surface area contributed by atoms with Crippen molar-refractivity contribution in [2.45, 2.75) is 11.4 Å². The third kappa shape index (κ3) is 2.32. The van der Waals surface area contributed by atoms with Crippen LogP contribution in [-0.2, 0) is 6.42 Å². The topological polar surface area (TPSA) is 67.6 Å². The van der Waals surface area contributed by atoms with Gasteiger partial charge < -0.3 is 4.52 Å². The molecule has 2 aromatic rings. The van der Waals surface area contributed by atoms with Crippen LogP contribution in [0.15, 0.2) is 28.2 Å². The zero-order chi connectivity index (χ0) is 8.93. The number of rotatable bonds is 4. The number of aromatic amines is 1. The fraction of sp³-hybridized carbons (Fsp3) is 0.286. The lowest BCUT2D eigenvalue weighted by atomic mass is 10.3. The van der Waals surface area contributed by atoms with E-state index in [4.69, 9.17) is 4.52 Å². The van der Waals surface area contributed by atoms with Crippen LogP contribution in [0, 0.1) is 0 Å². The number of thioether (sulfide) groups is 1. The highest BCUT2D eigenvalue weighted by Gasteiger charge is 1.98. The Morgan fingerprint density at radius 1 is 1.46 bits per heavy atom. The van der Waals surface area contributed by atoms with Gasteiger partial charge in [-0.05, 0) is 6.42 Å². The Balaban J connectivity index is 1.76. The van der Waals surface area contributed by atoms with Crippen molar-refractivity contribution >= 4 is 11.8 Å². The van der Waals surface area contributed by atoms with Crippen molar-refractivity contribution in [1.82, 2.24) is 20.6 Å². The number of aryl methyl sites for hydroxylation is 1. The Hall–Kier alpha value is -1.30. The van der Waals surface area contributed by atoms with E-state index in [1.807, 2.05) is 0 Å². The SMILES string of the molecule is c1nocc1CCSc1cn[nH]n1. The molecule has 0 bridgehead atoms. The molecule has 0 aromatic carbocycles. The number of nitrogens with one attached hydrogen (secondary N) is 1. The number of aromatic nitrogens is 4. The van der Waals surface area contributed by atoms with Crippen molar-refractivity contribution in [2.24, 2.45) is 0 Å². The van der Waals surface area contributed by atoms with E-state index in [2.05, 4.69) is 20.6 Å². The van der Waals surface area contributed by atoms with Crippen LogP contribution in [0.4, 0.5) is 0 Å². The lowest BCUT2D eigenvalue weighted by Gasteiger charge is -1.92. The molecule has 0 saturated heterocycles. The molecular weight excluding hydrogens is 188 g/mol. The molecule has 2 aromatic heterocycles. The molecule has 13 heavy (non-hydrogen) atoms. The first-order chi connectivity index (χ1) is 6.45. The van der Waals surface area contributed by atoms with Gasteiger partial charge in [0.05, 0.1) is 12.4 Å². The largest absolute Gasteiger partial charge is 0.364 e. The normalized spacial score (nSPS) is 10.5. The standard InChI is InChI=1S/C7H8N4OS/c1(6-3-9-12-5-6)2-13-7-4-8-11-10-7/h3-5H,1-2H2,(H,8,10,11). The Labute approximate surface area is 78.9 Å². The van der Waals surface area contributed by atoms with Crippen LogP contribution in [0.25, 0.3) is 0 Å². The van der Waals surface area contributed by atoms with Gasteiger partial charge in [0.25, 0.3) is 0 Å². The second-order valence-electron chi connectivity index (χ2n) is 2.44. The molecule has 6 heteroatoms. The Bertz CT molecular complexity index is 297. The lowest BCUT2D eigenvalue weighted by molar-refractivity contribution is 0.419. The quantitative estimate of drug-likeness (QED) is 0.742. The first-order valence-electron chi connectivity index (χ1n) is 3.82. The fourth-order valence-corrected chi connectivity index (χ4v) is 1.66. The number of hydrogen-bond donors (Lipinski definition) is 1. The van der Waals surface area contributed by atoms with Gasteiger partial charge in [-0.2, -0.15) is 10.3 Å². The first kappa shape index (κ1) is 8.31. The van der Waals surface area contributed by atoms with E-state index in [1.165, 1.54) is 0 Å². The maximum atomic E-state index is 4.71. The van der Waals surface area contributed by atoms with Crippen LogP contribution in [0.1, 0.15) is 5.56 Å². The highest BCUT2D eigenvalue weighted by Crippen LogP contribution is 2.14. The third-order valence-corrected chi connectivity index (χ3v) is 2.42. The molecule has 1 N–H and O–H groups in total. The molecule has 0 radical (unpaired) electrons. The molecule has 0 aliphatic carbocycles. The second kappa shape index (κ2) is 4.08. The van der Waals surface area contributed by atoms with Crippen molar-refractivity contribution < 1.29 is 4.52 Å². The number of nitrogens with zero attached hydrogens (tertiary/aromatic N) is 3. The van der Waals surface area contributed by atoms with Gasteiger partial charge in [0, 0.05) is 11.3 Å². The van der Waals surface area contributed by atoms with Gasteiger partial charge in [-0.3, -0.25) is 0 Å². The zero-order valence-corrected chi connectivity index (χ0v) is 7.62. The van der Waals surface area contributed by atoms with Gasteiger partial charge in [-0.25, -0.2) is 0 Å². The van der Waals surface area contributed by atoms with Crippen molar-refractivity contribution in [1.29, 1.82) is 0 Å². The van der Waals surface area contributed by atoms with Gasteiger partial charge in [0.2, 0.25) is 0 Å². The van der Waals surface area contributed by atoms with Crippen molar-refractivity contribution in [3.05, 3.63) is 24.2 Å². The maximum absolute atomic E-state index is 4.71. The highest BCUT2D eigenvalue weighted by molar-refractivity contribution is 7.99. The summed E-state index contributed by atoms with van der Waals surface area (Å²) >= 11 is 1.65. The van der Waals surface area contributed by atoms with E-state index >= 15 is 0 Å². The summed E-state index contributed by atoms with van der Waals surface area (Å²) in [6.07, 6.45) is 6.02. The van der Waals surface area contributed by atoms with Gasteiger partial charge >= 0.3 is 0 Å². The molecule has 0 aliphatic heterocycles. The molecule has 0 spiro atoms. The average Bonchev–Trinajstić information content (AvgIpc) is 2.75. The minimum Gasteiger partial charge on any atom is -0.364 e. The molecule has 0 aliphatic rings. The summed E-state index contributed by atoms with van der Waals surface area (Å²) in [6.45, 7) is 0. The van der Waals surface area contributed by atoms with Gasteiger partial charge in [0.15, 0.2) is 0 Å². The summed E-state index contributed by atoms with van der Waals surface area (Å²) in [4.78, 5) is 0. The van der Waals surface area contributed by atoms with E-state index in [9.17, 15) is 0 Å². The zero-order valence-electron chi connectivity index (χ0n) is 6.80. The number of H-pyrrole nitrogens is 1. The molecule has 0 unspecified atom stereocenters. The molecule has 0 fully saturated rings. The van der Waals surface area contributed by atoms with Crippen LogP contribution in [0.2, 0.25) is 0 Å². The molecule has 5 nitrogen and oxygen atoms in total. The molecule has 0 amide bonds. The first-order valence-corrected chi connectivity index (χ1v) is 4.80. The van der Waals surface area contributed by atoms with Crippen LogP contribution >= 0.6 is 11.8 Å². The van der Waals surface area contributed by atoms with Crippen LogP contribution in [0.3, 0.4) is 0 Å². The van der Waals surface area contributed by atoms with Gasteiger partial charge in [-0.1, -0.05) is 5.16 Å². The van der Waals surface area contributed by atoms with Crippen LogP contribution in [0.5, 0.6) is 0 Å². The van der Waals surface area contributed by atoms with E-state index in [-0.39, 0.29) is 0 Å². The van der Waals surface area contributed by atoms with Crippen LogP contribution in [-0.4, -0.2) is 26.3 Å². The Kier molecular flexibility index (Phi) is 2.61. The Morgan fingerprint density at radius 2 is 2.46 bits per heavy atom. The molecule has 0 atom stereocenters. The maximum Gasteiger partial charge on any atom is 0.138 e. The Morgan fingerprint density at radius 3 is 3.15 bits per heavy atom. The summed E-state index contributed by atoms with van der Waals surface area (Å²) in [5.41, 5.74) is 1.11. The summed E-state index contributed by atoms with van der Waals surface area (Å²) in [7, 11) is 0. The van der Waals surface area contributed by atoms with E-state index in [0.717, 1.165) is 22.8 Å². The third-order valence-electron chi connectivity index (χ3n) is 1.52. The summed E-state index contributed by atoms with van der Waals surface area (Å²) in [5, 5.41) is 14.7. The average molecular weight is 196 g/mol. The van der Waals surface area contributed by atoms with Crippen molar-refractivity contribution in [2.75, 3.05) is 5.75 Å². The summed E-state index contributed by atoms with van der Waals surface area (Å²) < 4.78 is 4.71. The second-order valence-corrected chi connectivity index (χ2v) is 3.55. The van der Waals surface area contributed by atoms with E-state index in [1.54, 1.807) is 30.4 Å². The predicted molar refractivity (Wildman–Crippen MR) is 47.3 cm³/mol. The van der Waals surface area contributed by atoms with Crippen LogP contribution < -0.4 is 0 Å². The van der Waals surface area contributed by atoms with E-state index < -0.39 is 0 Å². The predicted octanol–water partition coefficient (Wildman–Crippen LogP) is 1.13. The molecule has 0 saturated carbocycles.